The Morgan fingerprint density at radius 1 is 0.769 bits per heavy atom. The molecule has 0 spiro atoms. The predicted molar refractivity (Wildman–Crippen MR) is 148 cm³/mol. The van der Waals surface area contributed by atoms with Crippen LogP contribution in [0.1, 0.15) is 90.4 Å². The second kappa shape index (κ2) is 26.1. The Morgan fingerprint density at radius 3 is 2.10 bits per heavy atom. The molecular formula is C29H56O10. The lowest BCUT2D eigenvalue weighted by Gasteiger charge is -2.29. The molecule has 0 amide bonds. The van der Waals surface area contributed by atoms with Gasteiger partial charge in [0.1, 0.15) is 24.4 Å². The van der Waals surface area contributed by atoms with Crippen LogP contribution in [0, 0.1) is 0 Å². The molecule has 232 valence electrons. The molecule has 0 aromatic rings. The molecule has 39 heavy (non-hydrogen) atoms. The van der Waals surface area contributed by atoms with Crippen LogP contribution in [0.25, 0.3) is 0 Å². The maximum Gasteiger partial charge on any atom is 0.305 e. The SMILES string of the molecule is CCCCCCCCCCCCC(=O)OCCCOCC(OCCCO)C1OCC(OCCO)C1OCCO. The van der Waals surface area contributed by atoms with E-state index in [2.05, 4.69) is 6.92 Å². The number of aliphatic hydroxyl groups excluding tert-OH is 3. The van der Waals surface area contributed by atoms with Gasteiger partial charge in [0, 0.05) is 32.7 Å². The highest BCUT2D eigenvalue weighted by molar-refractivity contribution is 5.69. The molecule has 0 bridgehead atoms. The van der Waals surface area contributed by atoms with Crippen molar-refractivity contribution in [2.75, 3.05) is 66.1 Å². The number of unbranched alkanes of at least 4 members (excludes halogenated alkanes) is 9. The van der Waals surface area contributed by atoms with Gasteiger partial charge >= 0.3 is 5.97 Å². The molecule has 3 N–H and O–H groups in total. The highest BCUT2D eigenvalue weighted by atomic mass is 16.6. The molecule has 1 aliphatic heterocycles. The topological polar surface area (TPSA) is 133 Å². The summed E-state index contributed by atoms with van der Waals surface area (Å²) >= 11 is 0. The minimum atomic E-state index is -0.488. The van der Waals surface area contributed by atoms with Crippen LogP contribution in [-0.2, 0) is 33.2 Å². The molecular weight excluding hydrogens is 508 g/mol. The van der Waals surface area contributed by atoms with Crippen LogP contribution in [0.3, 0.4) is 0 Å². The molecule has 4 atom stereocenters. The Bertz CT molecular complexity index is 550. The Balaban J connectivity index is 2.24. The van der Waals surface area contributed by atoms with E-state index in [0.717, 1.165) is 12.8 Å². The lowest BCUT2D eigenvalue weighted by Crippen LogP contribution is -2.45. The van der Waals surface area contributed by atoms with E-state index < -0.39 is 24.4 Å². The average molecular weight is 565 g/mol. The highest BCUT2D eigenvalue weighted by Crippen LogP contribution is 2.25. The van der Waals surface area contributed by atoms with Crippen LogP contribution < -0.4 is 0 Å². The van der Waals surface area contributed by atoms with Crippen molar-refractivity contribution in [2.45, 2.75) is 115 Å². The van der Waals surface area contributed by atoms with Crippen molar-refractivity contribution in [1.29, 1.82) is 0 Å². The molecule has 1 rings (SSSR count). The van der Waals surface area contributed by atoms with Crippen LogP contribution in [0.4, 0.5) is 0 Å². The van der Waals surface area contributed by atoms with E-state index in [-0.39, 0.29) is 52.2 Å². The first kappa shape index (κ1) is 36.2. The second-order valence-electron chi connectivity index (χ2n) is 10.1. The third kappa shape index (κ3) is 18.3. The number of carbonyl (C=O) groups is 1. The Labute approximate surface area is 235 Å². The molecule has 0 aromatic carbocycles. The molecule has 1 fully saturated rings. The molecule has 0 aromatic heterocycles. The molecule has 0 radical (unpaired) electrons. The summed E-state index contributed by atoms with van der Waals surface area (Å²) in [6.07, 6.45) is 12.0. The summed E-state index contributed by atoms with van der Waals surface area (Å²) in [5.74, 6) is -0.156. The fourth-order valence-corrected chi connectivity index (χ4v) is 4.58. The number of rotatable bonds is 28. The highest BCUT2D eigenvalue weighted by Gasteiger charge is 2.44. The second-order valence-corrected chi connectivity index (χ2v) is 10.1. The van der Waals surface area contributed by atoms with Crippen LogP contribution in [0.2, 0.25) is 0 Å². The zero-order valence-corrected chi connectivity index (χ0v) is 24.3. The number of hydrogen-bond acceptors (Lipinski definition) is 10. The minimum absolute atomic E-state index is 0.0102. The van der Waals surface area contributed by atoms with Crippen LogP contribution >= 0.6 is 0 Å². The summed E-state index contributed by atoms with van der Waals surface area (Å²) in [5.41, 5.74) is 0. The van der Waals surface area contributed by atoms with Crippen molar-refractivity contribution in [3.05, 3.63) is 0 Å². The number of hydrogen-bond donors (Lipinski definition) is 3. The van der Waals surface area contributed by atoms with Gasteiger partial charge in [-0.25, -0.2) is 0 Å². The number of aliphatic hydroxyl groups is 3. The fourth-order valence-electron chi connectivity index (χ4n) is 4.58. The maximum atomic E-state index is 12.0. The lowest BCUT2D eigenvalue weighted by molar-refractivity contribution is -0.145. The smallest absolute Gasteiger partial charge is 0.305 e. The third-order valence-corrected chi connectivity index (χ3v) is 6.68. The van der Waals surface area contributed by atoms with Crippen molar-refractivity contribution < 1.29 is 48.5 Å². The zero-order valence-electron chi connectivity index (χ0n) is 24.3. The quantitative estimate of drug-likeness (QED) is 0.0961. The predicted octanol–water partition coefficient (Wildman–Crippen LogP) is 3.17. The van der Waals surface area contributed by atoms with Gasteiger partial charge in [-0.2, -0.15) is 0 Å². The molecule has 10 heteroatoms. The molecule has 0 aliphatic carbocycles. The van der Waals surface area contributed by atoms with E-state index in [1.165, 1.54) is 51.4 Å². The van der Waals surface area contributed by atoms with E-state index in [0.29, 0.717) is 39.1 Å². The number of carbonyl (C=O) groups excluding carboxylic acids is 1. The standard InChI is InChI=1S/C29H56O10/c1-2-3-4-5-6-7-8-9-10-11-14-27(33)37-20-13-18-34-23-25(35-19-12-15-30)29-28(38-22-17-32)26(24-39-29)36-21-16-31/h25-26,28-32H,2-24H2,1H3. The van der Waals surface area contributed by atoms with E-state index >= 15 is 0 Å². The van der Waals surface area contributed by atoms with E-state index in [1.54, 1.807) is 0 Å². The van der Waals surface area contributed by atoms with Gasteiger partial charge < -0.3 is 43.7 Å². The van der Waals surface area contributed by atoms with Gasteiger partial charge in [-0.1, -0.05) is 64.7 Å². The molecule has 10 nitrogen and oxygen atoms in total. The number of ether oxygens (including phenoxy) is 6. The molecule has 1 heterocycles. The molecule has 4 unspecified atom stereocenters. The lowest BCUT2D eigenvalue weighted by atomic mass is 10.1. The first-order valence-corrected chi connectivity index (χ1v) is 15.2. The van der Waals surface area contributed by atoms with Gasteiger partial charge in [0.25, 0.3) is 0 Å². The molecule has 1 aliphatic rings. The summed E-state index contributed by atoms with van der Waals surface area (Å²) in [7, 11) is 0. The average Bonchev–Trinajstić information content (AvgIpc) is 3.34. The van der Waals surface area contributed by atoms with Crippen molar-refractivity contribution >= 4 is 5.97 Å². The first-order valence-electron chi connectivity index (χ1n) is 15.2. The zero-order chi connectivity index (χ0) is 28.4. The van der Waals surface area contributed by atoms with E-state index in [1.807, 2.05) is 0 Å². The van der Waals surface area contributed by atoms with Crippen LogP contribution in [-0.4, -0.2) is 112 Å². The van der Waals surface area contributed by atoms with Crippen molar-refractivity contribution in [2.24, 2.45) is 0 Å². The van der Waals surface area contributed by atoms with Gasteiger partial charge in [0.05, 0.1) is 46.2 Å². The fraction of sp³-hybridized carbons (Fsp3) is 0.966. The van der Waals surface area contributed by atoms with Crippen molar-refractivity contribution in [1.82, 2.24) is 0 Å². The molecule has 1 saturated heterocycles. The maximum absolute atomic E-state index is 12.0. The van der Waals surface area contributed by atoms with E-state index in [4.69, 9.17) is 38.6 Å². The monoisotopic (exact) mass is 564 g/mol. The van der Waals surface area contributed by atoms with Crippen LogP contribution in [0.5, 0.6) is 0 Å². The third-order valence-electron chi connectivity index (χ3n) is 6.68. The van der Waals surface area contributed by atoms with E-state index in [9.17, 15) is 9.90 Å². The number of esters is 1. The largest absolute Gasteiger partial charge is 0.466 e. The summed E-state index contributed by atoms with van der Waals surface area (Å²) in [5, 5.41) is 27.4. The minimum Gasteiger partial charge on any atom is -0.466 e. The van der Waals surface area contributed by atoms with Crippen LogP contribution in [0.15, 0.2) is 0 Å². The van der Waals surface area contributed by atoms with Crippen molar-refractivity contribution in [3.8, 4) is 0 Å². The van der Waals surface area contributed by atoms with Gasteiger partial charge in [0.2, 0.25) is 0 Å². The summed E-state index contributed by atoms with van der Waals surface area (Å²) in [6.45, 7) is 3.81. The summed E-state index contributed by atoms with van der Waals surface area (Å²) in [4.78, 5) is 12.0. The first-order chi connectivity index (χ1) is 19.2. The summed E-state index contributed by atoms with van der Waals surface area (Å²) < 4.78 is 34.4. The molecule has 0 saturated carbocycles. The van der Waals surface area contributed by atoms with Crippen molar-refractivity contribution in [3.63, 3.8) is 0 Å². The Kier molecular flexibility index (Phi) is 24.2. The normalized spacial score (nSPS) is 19.9. The Hall–Kier alpha value is -0.850. The van der Waals surface area contributed by atoms with Gasteiger partial charge in [-0.05, 0) is 12.8 Å². The Morgan fingerprint density at radius 2 is 1.44 bits per heavy atom. The van der Waals surface area contributed by atoms with Gasteiger partial charge in [0.15, 0.2) is 0 Å². The van der Waals surface area contributed by atoms with Gasteiger partial charge in [-0.15, -0.1) is 0 Å². The summed E-state index contributed by atoms with van der Waals surface area (Å²) in [6, 6.07) is 0. The van der Waals surface area contributed by atoms with Gasteiger partial charge in [-0.3, -0.25) is 4.79 Å².